The van der Waals surface area contributed by atoms with E-state index in [-0.39, 0.29) is 16.8 Å². The molecule has 0 aliphatic rings. The number of aromatic nitrogens is 4. The van der Waals surface area contributed by atoms with E-state index in [4.69, 9.17) is 0 Å². The van der Waals surface area contributed by atoms with Crippen LogP contribution in [0.15, 0.2) is 23.1 Å². The highest BCUT2D eigenvalue weighted by atomic mass is 19.4. The highest BCUT2D eigenvalue weighted by Crippen LogP contribution is 2.29. The zero-order chi connectivity index (χ0) is 13.8. The third-order valence-corrected chi connectivity index (χ3v) is 2.70. The molecule has 0 aliphatic heterocycles. The summed E-state index contributed by atoms with van der Waals surface area (Å²) in [6.07, 6.45) is -3.57. The van der Waals surface area contributed by atoms with Crippen molar-refractivity contribution in [2.75, 3.05) is 0 Å². The Kier molecular flexibility index (Phi) is 2.19. The molecule has 3 aromatic heterocycles. The number of hydrogen-bond donors (Lipinski definition) is 1. The van der Waals surface area contributed by atoms with Gasteiger partial charge in [0, 0.05) is 6.20 Å². The maximum atomic E-state index is 12.7. The molecule has 0 bridgehead atoms. The molecule has 0 atom stereocenters. The summed E-state index contributed by atoms with van der Waals surface area (Å²) >= 11 is 0. The van der Waals surface area contributed by atoms with Crippen molar-refractivity contribution in [1.29, 1.82) is 0 Å². The molecule has 0 radical (unpaired) electrons. The Balaban J connectivity index is 2.45. The van der Waals surface area contributed by atoms with E-state index in [0.717, 1.165) is 12.3 Å². The summed E-state index contributed by atoms with van der Waals surface area (Å²) in [4.78, 5) is 22.1. The van der Waals surface area contributed by atoms with Crippen molar-refractivity contribution < 1.29 is 13.2 Å². The SMILES string of the molecule is Cc1nc2c(nc3ccc(C(F)(F)F)cn32)c(=O)[nH]1. The summed E-state index contributed by atoms with van der Waals surface area (Å²) in [7, 11) is 0. The first-order valence-electron chi connectivity index (χ1n) is 5.32. The first-order valence-corrected chi connectivity index (χ1v) is 5.32. The zero-order valence-electron chi connectivity index (χ0n) is 9.62. The van der Waals surface area contributed by atoms with Gasteiger partial charge in [0.05, 0.1) is 5.56 Å². The van der Waals surface area contributed by atoms with Crippen LogP contribution < -0.4 is 5.56 Å². The predicted molar refractivity (Wildman–Crippen MR) is 60.9 cm³/mol. The number of fused-ring (bicyclic) bond motifs is 3. The van der Waals surface area contributed by atoms with Crippen LogP contribution in [-0.2, 0) is 6.18 Å². The maximum absolute atomic E-state index is 12.7. The Morgan fingerprint density at radius 2 is 2.00 bits per heavy atom. The van der Waals surface area contributed by atoms with Crippen molar-refractivity contribution in [2.24, 2.45) is 0 Å². The minimum atomic E-state index is -4.46. The monoisotopic (exact) mass is 268 g/mol. The van der Waals surface area contributed by atoms with E-state index < -0.39 is 17.3 Å². The minimum absolute atomic E-state index is 0.0184. The first kappa shape index (κ1) is 11.7. The molecule has 1 N–H and O–H groups in total. The Labute approximate surface area is 103 Å². The van der Waals surface area contributed by atoms with Gasteiger partial charge in [-0.2, -0.15) is 13.2 Å². The number of nitrogens with zero attached hydrogens (tertiary/aromatic N) is 3. The number of H-pyrrole nitrogens is 1. The van der Waals surface area contributed by atoms with E-state index in [9.17, 15) is 18.0 Å². The molecule has 0 aromatic carbocycles. The lowest BCUT2D eigenvalue weighted by Crippen LogP contribution is -2.10. The van der Waals surface area contributed by atoms with Gasteiger partial charge in [0.25, 0.3) is 5.56 Å². The summed E-state index contributed by atoms with van der Waals surface area (Å²) in [5.74, 6) is 0.316. The number of aromatic amines is 1. The lowest BCUT2D eigenvalue weighted by Gasteiger charge is -2.06. The number of rotatable bonds is 0. The van der Waals surface area contributed by atoms with Gasteiger partial charge in [-0.25, -0.2) is 9.97 Å². The van der Waals surface area contributed by atoms with Gasteiger partial charge >= 0.3 is 6.18 Å². The fraction of sp³-hybridized carbons (Fsp3) is 0.182. The minimum Gasteiger partial charge on any atom is -0.309 e. The summed E-state index contributed by atoms with van der Waals surface area (Å²) in [6.45, 7) is 1.55. The molecule has 3 aromatic rings. The molecular weight excluding hydrogens is 261 g/mol. The number of pyridine rings is 1. The quantitative estimate of drug-likeness (QED) is 0.677. The van der Waals surface area contributed by atoms with E-state index in [1.54, 1.807) is 6.92 Å². The Morgan fingerprint density at radius 3 is 2.68 bits per heavy atom. The second-order valence-corrected chi connectivity index (χ2v) is 4.08. The molecular formula is C11H7F3N4O. The van der Waals surface area contributed by atoms with Crippen molar-refractivity contribution in [3.05, 3.63) is 40.1 Å². The maximum Gasteiger partial charge on any atom is 0.417 e. The third kappa shape index (κ3) is 1.76. The van der Waals surface area contributed by atoms with Crippen LogP contribution in [0.25, 0.3) is 16.8 Å². The van der Waals surface area contributed by atoms with E-state index in [1.807, 2.05) is 0 Å². The molecule has 98 valence electrons. The van der Waals surface area contributed by atoms with Crippen LogP contribution in [0, 0.1) is 6.92 Å². The highest BCUT2D eigenvalue weighted by Gasteiger charge is 2.31. The van der Waals surface area contributed by atoms with Crippen molar-refractivity contribution in [2.45, 2.75) is 13.1 Å². The topological polar surface area (TPSA) is 63.1 Å². The van der Waals surface area contributed by atoms with Gasteiger partial charge in [0.1, 0.15) is 11.5 Å². The van der Waals surface area contributed by atoms with Gasteiger partial charge in [-0.1, -0.05) is 0 Å². The van der Waals surface area contributed by atoms with Gasteiger partial charge in [0.2, 0.25) is 0 Å². The smallest absolute Gasteiger partial charge is 0.309 e. The van der Waals surface area contributed by atoms with Crippen LogP contribution in [0.4, 0.5) is 13.2 Å². The lowest BCUT2D eigenvalue weighted by atomic mass is 10.3. The van der Waals surface area contributed by atoms with Crippen molar-refractivity contribution in [3.8, 4) is 0 Å². The molecule has 0 aliphatic carbocycles. The predicted octanol–water partition coefficient (Wildman–Crippen LogP) is 1.90. The Bertz CT molecular complexity index is 847. The van der Waals surface area contributed by atoms with Gasteiger partial charge in [-0.15, -0.1) is 0 Å². The van der Waals surface area contributed by atoms with Crippen LogP contribution >= 0.6 is 0 Å². The van der Waals surface area contributed by atoms with Crippen molar-refractivity contribution >= 4 is 16.8 Å². The van der Waals surface area contributed by atoms with Crippen LogP contribution in [0.1, 0.15) is 11.4 Å². The van der Waals surface area contributed by atoms with E-state index in [1.165, 1.54) is 10.5 Å². The van der Waals surface area contributed by atoms with Crippen LogP contribution in [-0.4, -0.2) is 19.4 Å². The van der Waals surface area contributed by atoms with Gasteiger partial charge in [-0.05, 0) is 19.1 Å². The van der Waals surface area contributed by atoms with E-state index in [2.05, 4.69) is 15.0 Å². The molecule has 3 rings (SSSR count). The molecule has 19 heavy (non-hydrogen) atoms. The number of hydrogen-bond acceptors (Lipinski definition) is 3. The normalized spacial score (nSPS) is 12.4. The van der Waals surface area contributed by atoms with Crippen molar-refractivity contribution in [1.82, 2.24) is 19.4 Å². The van der Waals surface area contributed by atoms with Crippen LogP contribution in [0.5, 0.6) is 0 Å². The Hall–Kier alpha value is -2.38. The lowest BCUT2D eigenvalue weighted by molar-refractivity contribution is -0.137. The Morgan fingerprint density at radius 1 is 1.26 bits per heavy atom. The van der Waals surface area contributed by atoms with E-state index >= 15 is 0 Å². The molecule has 0 spiro atoms. The van der Waals surface area contributed by atoms with Crippen LogP contribution in [0.2, 0.25) is 0 Å². The molecule has 0 amide bonds. The highest BCUT2D eigenvalue weighted by molar-refractivity contribution is 5.75. The molecule has 0 fully saturated rings. The fourth-order valence-electron chi connectivity index (χ4n) is 1.87. The number of alkyl halides is 3. The summed E-state index contributed by atoms with van der Waals surface area (Å²) in [6, 6.07) is 2.13. The van der Waals surface area contributed by atoms with E-state index in [0.29, 0.717) is 5.82 Å². The number of aryl methyl sites for hydroxylation is 1. The molecule has 0 saturated heterocycles. The summed E-state index contributed by atoms with van der Waals surface area (Å²) in [5.41, 5.74) is -0.919. The van der Waals surface area contributed by atoms with Crippen molar-refractivity contribution in [3.63, 3.8) is 0 Å². The standard InChI is InChI=1S/C11H7F3N4O/c1-5-15-9-8(10(19)16-5)17-7-3-2-6(4-18(7)9)11(12,13)14/h2-4H,1H3,(H,15,16,19). The second-order valence-electron chi connectivity index (χ2n) is 4.08. The molecule has 0 saturated carbocycles. The average molecular weight is 268 g/mol. The number of imidazole rings is 1. The third-order valence-electron chi connectivity index (χ3n) is 2.70. The zero-order valence-corrected chi connectivity index (χ0v) is 9.62. The van der Waals surface area contributed by atoms with Gasteiger partial charge in [-0.3, -0.25) is 9.20 Å². The first-order chi connectivity index (χ1) is 8.86. The second kappa shape index (κ2) is 3.56. The number of nitrogens with one attached hydrogen (secondary N) is 1. The van der Waals surface area contributed by atoms with Gasteiger partial charge < -0.3 is 4.98 Å². The molecule has 5 nitrogen and oxygen atoms in total. The fourth-order valence-corrected chi connectivity index (χ4v) is 1.87. The summed E-state index contributed by atoms with van der Waals surface area (Å²) < 4.78 is 39.1. The number of halogens is 3. The average Bonchev–Trinajstić information content (AvgIpc) is 2.66. The molecule has 3 heterocycles. The van der Waals surface area contributed by atoms with Crippen LogP contribution in [0.3, 0.4) is 0 Å². The molecule has 0 unspecified atom stereocenters. The largest absolute Gasteiger partial charge is 0.417 e. The summed E-state index contributed by atoms with van der Waals surface area (Å²) in [5, 5.41) is 0. The molecule has 8 heteroatoms. The van der Waals surface area contributed by atoms with Gasteiger partial charge in [0.15, 0.2) is 11.2 Å².